The maximum Gasteiger partial charge on any atom is 0.273 e. The molecule has 3 rings (SSSR count). The van der Waals surface area contributed by atoms with Crippen LogP contribution in [0.3, 0.4) is 0 Å². The molecule has 2 aliphatic heterocycles. The van der Waals surface area contributed by atoms with Crippen LogP contribution in [-0.2, 0) is 7.05 Å². The molecule has 2 unspecified atom stereocenters. The van der Waals surface area contributed by atoms with Crippen LogP contribution in [0.1, 0.15) is 36.2 Å². The van der Waals surface area contributed by atoms with Gasteiger partial charge in [0, 0.05) is 31.4 Å². The summed E-state index contributed by atoms with van der Waals surface area (Å²) in [6.45, 7) is 0. The van der Waals surface area contributed by atoms with E-state index in [4.69, 9.17) is 0 Å². The fraction of sp³-hybridized carbons (Fsp3) is 0.692. The van der Waals surface area contributed by atoms with Gasteiger partial charge < -0.3 is 10.2 Å². The molecule has 1 aromatic heterocycles. The zero-order chi connectivity index (χ0) is 13.6. The van der Waals surface area contributed by atoms with Crippen molar-refractivity contribution < 1.29 is 4.79 Å². The van der Waals surface area contributed by atoms with Gasteiger partial charge in [-0.1, -0.05) is 0 Å². The summed E-state index contributed by atoms with van der Waals surface area (Å²) in [6, 6.07) is 1.56. The van der Waals surface area contributed by atoms with E-state index >= 15 is 0 Å². The first kappa shape index (κ1) is 13.1. The van der Waals surface area contributed by atoms with Gasteiger partial charge in [-0.25, -0.2) is 0 Å². The van der Waals surface area contributed by atoms with Crippen LogP contribution in [-0.4, -0.2) is 45.8 Å². The van der Waals surface area contributed by atoms with E-state index in [-0.39, 0.29) is 11.9 Å². The van der Waals surface area contributed by atoms with Crippen molar-refractivity contribution >= 4 is 21.8 Å². The molecule has 104 valence electrons. The Morgan fingerprint density at radius 2 is 2.00 bits per heavy atom. The molecule has 19 heavy (non-hydrogen) atoms. The Morgan fingerprint density at radius 1 is 1.37 bits per heavy atom. The largest absolute Gasteiger partial charge is 0.348 e. The zero-order valence-electron chi connectivity index (χ0n) is 11.3. The quantitative estimate of drug-likeness (QED) is 0.896. The first-order chi connectivity index (χ1) is 9.04. The van der Waals surface area contributed by atoms with Gasteiger partial charge in [-0.2, -0.15) is 5.10 Å². The van der Waals surface area contributed by atoms with E-state index in [1.165, 1.54) is 12.8 Å². The Kier molecular flexibility index (Phi) is 3.39. The third-order valence-corrected chi connectivity index (χ3v) is 5.01. The highest BCUT2D eigenvalue weighted by Crippen LogP contribution is 2.34. The number of aromatic nitrogens is 2. The average molecular weight is 327 g/mol. The van der Waals surface area contributed by atoms with Crippen LogP contribution in [0.4, 0.5) is 0 Å². The SMILES string of the molecule is CN1C2CCC1CC(NC(=O)c1nn(C)cc1Br)C2. The van der Waals surface area contributed by atoms with E-state index < -0.39 is 0 Å². The number of carbonyl (C=O) groups excluding carboxylic acids is 1. The minimum atomic E-state index is -0.0681. The van der Waals surface area contributed by atoms with Crippen molar-refractivity contribution in [2.45, 2.75) is 43.8 Å². The number of nitrogens with one attached hydrogen (secondary N) is 1. The van der Waals surface area contributed by atoms with Gasteiger partial charge in [-0.05, 0) is 48.7 Å². The molecule has 2 atom stereocenters. The van der Waals surface area contributed by atoms with E-state index in [2.05, 4.69) is 38.3 Å². The topological polar surface area (TPSA) is 50.2 Å². The predicted octanol–water partition coefficient (Wildman–Crippen LogP) is 1.54. The highest BCUT2D eigenvalue weighted by molar-refractivity contribution is 9.10. The number of fused-ring (bicyclic) bond motifs is 2. The first-order valence-corrected chi connectivity index (χ1v) is 7.56. The summed E-state index contributed by atoms with van der Waals surface area (Å²) in [7, 11) is 4.02. The number of nitrogens with zero attached hydrogens (tertiary/aromatic N) is 3. The van der Waals surface area contributed by atoms with Crippen LogP contribution in [0.15, 0.2) is 10.7 Å². The van der Waals surface area contributed by atoms with E-state index in [1.807, 2.05) is 7.05 Å². The fourth-order valence-electron chi connectivity index (χ4n) is 3.40. The lowest BCUT2D eigenvalue weighted by Gasteiger charge is -2.36. The molecule has 1 aromatic rings. The number of hydrogen-bond donors (Lipinski definition) is 1. The van der Waals surface area contributed by atoms with Crippen molar-refractivity contribution in [1.82, 2.24) is 20.0 Å². The van der Waals surface area contributed by atoms with Gasteiger partial charge in [0.1, 0.15) is 0 Å². The number of piperidine rings is 1. The molecular formula is C13H19BrN4O. The summed E-state index contributed by atoms with van der Waals surface area (Å²) < 4.78 is 2.40. The number of hydrogen-bond acceptors (Lipinski definition) is 3. The van der Waals surface area contributed by atoms with Crippen LogP contribution in [0.25, 0.3) is 0 Å². The summed E-state index contributed by atoms with van der Waals surface area (Å²) in [5.41, 5.74) is 0.480. The molecule has 3 heterocycles. The van der Waals surface area contributed by atoms with Crippen molar-refractivity contribution in [1.29, 1.82) is 0 Å². The number of halogens is 1. The van der Waals surface area contributed by atoms with Gasteiger partial charge in [0.2, 0.25) is 0 Å². The monoisotopic (exact) mass is 326 g/mol. The molecule has 6 heteroatoms. The molecule has 0 aromatic carbocycles. The Morgan fingerprint density at radius 3 is 2.53 bits per heavy atom. The Labute approximate surface area is 121 Å². The highest BCUT2D eigenvalue weighted by atomic mass is 79.9. The number of amides is 1. The lowest BCUT2D eigenvalue weighted by molar-refractivity contribution is 0.0876. The van der Waals surface area contributed by atoms with Crippen molar-refractivity contribution in [2.24, 2.45) is 7.05 Å². The Hall–Kier alpha value is -0.880. The second kappa shape index (κ2) is 4.90. The van der Waals surface area contributed by atoms with Crippen molar-refractivity contribution in [2.75, 3.05) is 7.05 Å². The van der Waals surface area contributed by atoms with Crippen molar-refractivity contribution in [3.05, 3.63) is 16.4 Å². The van der Waals surface area contributed by atoms with Gasteiger partial charge in [-0.15, -0.1) is 0 Å². The minimum Gasteiger partial charge on any atom is -0.348 e. The lowest BCUT2D eigenvalue weighted by Crippen LogP contribution is -2.48. The minimum absolute atomic E-state index is 0.0681. The average Bonchev–Trinajstić information content (AvgIpc) is 2.77. The molecule has 2 aliphatic rings. The van der Waals surface area contributed by atoms with Gasteiger partial charge in [0.15, 0.2) is 5.69 Å². The molecule has 0 radical (unpaired) electrons. The number of carbonyl (C=O) groups is 1. The van der Waals surface area contributed by atoms with Crippen LogP contribution in [0.2, 0.25) is 0 Å². The number of rotatable bonds is 2. The van der Waals surface area contributed by atoms with Crippen molar-refractivity contribution in [3.63, 3.8) is 0 Å². The molecule has 2 fully saturated rings. The molecular weight excluding hydrogens is 308 g/mol. The molecule has 1 N–H and O–H groups in total. The van der Waals surface area contributed by atoms with E-state index in [0.29, 0.717) is 17.8 Å². The first-order valence-electron chi connectivity index (χ1n) is 6.76. The molecule has 0 aliphatic carbocycles. The van der Waals surface area contributed by atoms with Gasteiger partial charge in [0.05, 0.1) is 4.47 Å². The normalized spacial score (nSPS) is 30.6. The third-order valence-electron chi connectivity index (χ3n) is 4.43. The van der Waals surface area contributed by atoms with Gasteiger partial charge in [0.25, 0.3) is 5.91 Å². The Balaban J connectivity index is 1.66. The standard InChI is InChI=1S/C13H19BrN4O/c1-17-7-11(14)12(16-17)13(19)15-8-5-9-3-4-10(6-8)18(9)2/h7-10H,3-6H2,1-2H3,(H,15,19). The summed E-state index contributed by atoms with van der Waals surface area (Å²) in [6.07, 6.45) is 6.45. The van der Waals surface area contributed by atoms with Gasteiger partial charge >= 0.3 is 0 Å². The van der Waals surface area contributed by atoms with Gasteiger partial charge in [-0.3, -0.25) is 9.48 Å². The summed E-state index contributed by atoms with van der Waals surface area (Å²) in [5.74, 6) is -0.0681. The molecule has 5 nitrogen and oxygen atoms in total. The summed E-state index contributed by atoms with van der Waals surface area (Å²) in [4.78, 5) is 14.7. The molecule has 2 bridgehead atoms. The second-order valence-electron chi connectivity index (χ2n) is 5.69. The van der Waals surface area contributed by atoms with E-state index in [0.717, 1.165) is 17.3 Å². The smallest absolute Gasteiger partial charge is 0.273 e. The summed E-state index contributed by atoms with van der Waals surface area (Å²) in [5, 5.41) is 7.33. The predicted molar refractivity (Wildman–Crippen MR) is 76.0 cm³/mol. The molecule has 1 amide bonds. The fourth-order valence-corrected chi connectivity index (χ4v) is 3.95. The molecule has 2 saturated heterocycles. The molecule has 0 saturated carbocycles. The highest BCUT2D eigenvalue weighted by Gasteiger charge is 2.39. The maximum absolute atomic E-state index is 12.2. The van der Waals surface area contributed by atoms with Crippen LogP contribution in [0, 0.1) is 0 Å². The molecule has 0 spiro atoms. The van der Waals surface area contributed by atoms with E-state index in [1.54, 1.807) is 10.9 Å². The van der Waals surface area contributed by atoms with Crippen LogP contribution in [0.5, 0.6) is 0 Å². The second-order valence-corrected chi connectivity index (χ2v) is 6.55. The Bertz CT molecular complexity index is 487. The van der Waals surface area contributed by atoms with Crippen LogP contribution < -0.4 is 5.32 Å². The van der Waals surface area contributed by atoms with Crippen LogP contribution >= 0.6 is 15.9 Å². The number of aryl methyl sites for hydroxylation is 1. The zero-order valence-corrected chi connectivity index (χ0v) is 12.9. The lowest BCUT2D eigenvalue weighted by atomic mass is 9.98. The van der Waals surface area contributed by atoms with Crippen molar-refractivity contribution in [3.8, 4) is 0 Å². The third kappa shape index (κ3) is 2.43. The van der Waals surface area contributed by atoms with E-state index in [9.17, 15) is 4.79 Å². The maximum atomic E-state index is 12.2. The summed E-state index contributed by atoms with van der Waals surface area (Å²) >= 11 is 3.38.